The topological polar surface area (TPSA) is 56.8 Å². The highest BCUT2D eigenvalue weighted by Gasteiger charge is 2.40. The number of carbonyl (C=O) groups is 2. The van der Waals surface area contributed by atoms with Crippen LogP contribution in [0.2, 0.25) is 0 Å². The summed E-state index contributed by atoms with van der Waals surface area (Å²) in [4.78, 5) is 37.5. The van der Waals surface area contributed by atoms with E-state index in [2.05, 4.69) is 33.8 Å². The second-order valence-electron chi connectivity index (χ2n) is 11.2. The molecule has 0 saturated carbocycles. The molecule has 6 heteroatoms. The van der Waals surface area contributed by atoms with Gasteiger partial charge in [-0.15, -0.1) is 0 Å². The number of hydrogen-bond donors (Lipinski definition) is 0. The lowest BCUT2D eigenvalue weighted by Gasteiger charge is -2.50. The van der Waals surface area contributed by atoms with Gasteiger partial charge in [0.25, 0.3) is 5.91 Å². The van der Waals surface area contributed by atoms with E-state index in [-0.39, 0.29) is 29.3 Å². The van der Waals surface area contributed by atoms with Gasteiger partial charge >= 0.3 is 0 Å². The molecule has 2 aromatic rings. The quantitative estimate of drug-likeness (QED) is 0.581. The molecule has 0 bridgehead atoms. The highest BCUT2D eigenvalue weighted by atomic mass is 16.2. The molecular formula is C30H42N4O2. The van der Waals surface area contributed by atoms with Crippen molar-refractivity contribution in [2.24, 2.45) is 5.92 Å². The third-order valence-corrected chi connectivity index (χ3v) is 8.33. The van der Waals surface area contributed by atoms with Crippen LogP contribution in [0.25, 0.3) is 0 Å². The summed E-state index contributed by atoms with van der Waals surface area (Å²) in [5.74, 6) is 0.358. The predicted octanol–water partition coefficient (Wildman–Crippen LogP) is 4.84. The maximum atomic E-state index is 13.3. The van der Waals surface area contributed by atoms with Gasteiger partial charge in [-0.25, -0.2) is 0 Å². The van der Waals surface area contributed by atoms with Crippen LogP contribution >= 0.6 is 0 Å². The molecule has 4 rings (SSSR count). The van der Waals surface area contributed by atoms with Gasteiger partial charge in [0.2, 0.25) is 5.91 Å². The van der Waals surface area contributed by atoms with E-state index in [0.29, 0.717) is 6.54 Å². The number of carbonyl (C=O) groups excluding carboxylic acids is 2. The van der Waals surface area contributed by atoms with Crippen LogP contribution < -0.4 is 0 Å². The smallest absolute Gasteiger partial charge is 0.255 e. The summed E-state index contributed by atoms with van der Waals surface area (Å²) in [7, 11) is 0. The summed E-state index contributed by atoms with van der Waals surface area (Å²) >= 11 is 0. The van der Waals surface area contributed by atoms with Crippen molar-refractivity contribution in [2.75, 3.05) is 26.2 Å². The lowest BCUT2D eigenvalue weighted by atomic mass is 9.85. The van der Waals surface area contributed by atoms with Crippen molar-refractivity contribution in [3.8, 4) is 0 Å². The number of hydrogen-bond acceptors (Lipinski definition) is 4. The normalized spacial score (nSPS) is 18.9. The van der Waals surface area contributed by atoms with E-state index >= 15 is 0 Å². The molecule has 6 nitrogen and oxygen atoms in total. The summed E-state index contributed by atoms with van der Waals surface area (Å²) in [6.07, 6.45) is 5.71. The van der Waals surface area contributed by atoms with Gasteiger partial charge in [-0.1, -0.05) is 44.2 Å². The molecular weight excluding hydrogens is 448 g/mol. The molecule has 0 radical (unpaired) electrons. The molecule has 2 aliphatic rings. The van der Waals surface area contributed by atoms with Crippen molar-refractivity contribution in [1.82, 2.24) is 19.7 Å². The van der Waals surface area contributed by atoms with Crippen molar-refractivity contribution in [3.63, 3.8) is 0 Å². The third kappa shape index (κ3) is 5.64. The summed E-state index contributed by atoms with van der Waals surface area (Å²) in [6, 6.07) is 12.5. The molecule has 0 N–H and O–H groups in total. The molecule has 2 amide bonds. The van der Waals surface area contributed by atoms with Crippen LogP contribution in [0.15, 0.2) is 42.6 Å². The van der Waals surface area contributed by atoms with Crippen LogP contribution in [-0.4, -0.2) is 69.3 Å². The van der Waals surface area contributed by atoms with Gasteiger partial charge in [-0.3, -0.25) is 19.5 Å². The first kappa shape index (κ1) is 26.3. The van der Waals surface area contributed by atoms with E-state index in [1.165, 1.54) is 5.56 Å². The summed E-state index contributed by atoms with van der Waals surface area (Å²) in [6.45, 7) is 14.5. The zero-order valence-electron chi connectivity index (χ0n) is 22.7. The van der Waals surface area contributed by atoms with Crippen LogP contribution in [0.4, 0.5) is 0 Å². The van der Waals surface area contributed by atoms with Gasteiger partial charge in [0.1, 0.15) is 0 Å². The fourth-order valence-electron chi connectivity index (χ4n) is 5.90. The molecule has 0 aliphatic carbocycles. The number of benzene rings is 1. The number of nitrogens with zero attached hydrogens (tertiary/aromatic N) is 4. The number of pyridine rings is 1. The first-order chi connectivity index (χ1) is 17.2. The fraction of sp³-hybridized carbons (Fsp3) is 0.567. The number of aryl methyl sites for hydroxylation is 2. The Bertz CT molecular complexity index is 1030. The Kier molecular flexibility index (Phi) is 8.13. The Morgan fingerprint density at radius 3 is 2.25 bits per heavy atom. The van der Waals surface area contributed by atoms with E-state index in [0.717, 1.165) is 68.7 Å². The van der Waals surface area contributed by atoms with Crippen molar-refractivity contribution in [2.45, 2.75) is 78.4 Å². The van der Waals surface area contributed by atoms with Gasteiger partial charge in [0.15, 0.2) is 0 Å². The van der Waals surface area contributed by atoms with E-state index in [1.807, 2.05) is 56.9 Å². The molecule has 0 unspecified atom stereocenters. The van der Waals surface area contributed by atoms with Crippen LogP contribution in [0.1, 0.15) is 73.6 Å². The largest absolute Gasteiger partial charge is 0.338 e. The number of piperidine rings is 2. The second-order valence-corrected chi connectivity index (χ2v) is 11.2. The van der Waals surface area contributed by atoms with Gasteiger partial charge in [-0.2, -0.15) is 0 Å². The fourth-order valence-corrected chi connectivity index (χ4v) is 5.90. The Labute approximate surface area is 216 Å². The Morgan fingerprint density at radius 2 is 1.67 bits per heavy atom. The Balaban J connectivity index is 1.36. The maximum absolute atomic E-state index is 13.3. The number of aromatic nitrogens is 1. The van der Waals surface area contributed by atoms with E-state index in [9.17, 15) is 9.59 Å². The average Bonchev–Trinajstić information content (AvgIpc) is 2.88. The maximum Gasteiger partial charge on any atom is 0.255 e. The Morgan fingerprint density at radius 1 is 1.03 bits per heavy atom. The van der Waals surface area contributed by atoms with Crippen molar-refractivity contribution in [1.29, 1.82) is 0 Å². The third-order valence-electron chi connectivity index (χ3n) is 8.33. The summed E-state index contributed by atoms with van der Waals surface area (Å²) in [5, 5.41) is 0. The lowest BCUT2D eigenvalue weighted by molar-refractivity contribution is -0.139. The number of amides is 2. The van der Waals surface area contributed by atoms with Crippen LogP contribution in [0, 0.1) is 19.8 Å². The van der Waals surface area contributed by atoms with Gasteiger partial charge in [0, 0.05) is 56.4 Å². The molecule has 0 atom stereocenters. The zero-order chi connectivity index (χ0) is 25.9. The van der Waals surface area contributed by atoms with Crippen molar-refractivity contribution < 1.29 is 9.59 Å². The highest BCUT2D eigenvalue weighted by molar-refractivity contribution is 5.96. The van der Waals surface area contributed by atoms with Crippen LogP contribution in [0.5, 0.6) is 0 Å². The van der Waals surface area contributed by atoms with Crippen LogP contribution in [-0.2, 0) is 11.3 Å². The average molecular weight is 491 g/mol. The molecule has 2 aliphatic heterocycles. The summed E-state index contributed by atoms with van der Waals surface area (Å²) < 4.78 is 0. The van der Waals surface area contributed by atoms with Gasteiger partial charge < -0.3 is 9.80 Å². The minimum atomic E-state index is -0.00166. The Hall–Kier alpha value is -2.73. The molecule has 1 aromatic heterocycles. The minimum absolute atomic E-state index is 0.00166. The standard InChI is InChI=1S/C30H42N4O2/c1-22(2)28(35)34(21-25-9-7-6-8-10-25)26-12-17-33(18-13-26)30(5)14-19-32(20-15-30)29(36)27-23(3)11-16-31-24(27)4/h6-11,16,22,26H,12-15,17-21H2,1-5H3. The molecule has 0 spiro atoms. The number of likely N-dealkylation sites (tertiary alicyclic amines) is 2. The van der Waals surface area contributed by atoms with Crippen LogP contribution in [0.3, 0.4) is 0 Å². The minimum Gasteiger partial charge on any atom is -0.338 e. The molecule has 2 saturated heterocycles. The SMILES string of the molecule is Cc1ccnc(C)c1C(=O)N1CCC(C)(N2CCC(N(Cc3ccccc3)C(=O)C(C)C)CC2)CC1. The monoisotopic (exact) mass is 490 g/mol. The van der Waals surface area contributed by atoms with E-state index < -0.39 is 0 Å². The first-order valence-electron chi connectivity index (χ1n) is 13.5. The van der Waals surface area contributed by atoms with Gasteiger partial charge in [0.05, 0.1) is 11.3 Å². The number of rotatable bonds is 6. The molecule has 36 heavy (non-hydrogen) atoms. The molecule has 2 fully saturated rings. The van der Waals surface area contributed by atoms with E-state index in [4.69, 9.17) is 0 Å². The van der Waals surface area contributed by atoms with Crippen molar-refractivity contribution in [3.05, 3.63) is 65.0 Å². The first-order valence-corrected chi connectivity index (χ1v) is 13.5. The zero-order valence-corrected chi connectivity index (χ0v) is 22.7. The van der Waals surface area contributed by atoms with Gasteiger partial charge in [-0.05, 0) is 63.6 Å². The summed E-state index contributed by atoms with van der Waals surface area (Å²) in [5.41, 5.74) is 3.85. The molecule has 3 heterocycles. The molecule has 1 aromatic carbocycles. The highest BCUT2D eigenvalue weighted by Crippen LogP contribution is 2.33. The molecule has 194 valence electrons. The second kappa shape index (κ2) is 11.1. The van der Waals surface area contributed by atoms with Crippen molar-refractivity contribution >= 4 is 11.8 Å². The predicted molar refractivity (Wildman–Crippen MR) is 144 cm³/mol. The van der Waals surface area contributed by atoms with E-state index in [1.54, 1.807) is 6.20 Å². The lowest BCUT2D eigenvalue weighted by Crippen LogP contribution is -2.58.